The maximum atomic E-state index is 13.3. The van der Waals surface area contributed by atoms with Crippen molar-refractivity contribution in [3.8, 4) is 0 Å². The molecule has 0 unspecified atom stereocenters. The van der Waals surface area contributed by atoms with Gasteiger partial charge in [0, 0.05) is 46.8 Å². The molecule has 1 aliphatic rings. The molecule has 0 atom stereocenters. The molecular formula is C27H22N4O5S. The van der Waals surface area contributed by atoms with E-state index < -0.39 is 24.0 Å². The molecule has 186 valence electrons. The van der Waals surface area contributed by atoms with Crippen LogP contribution in [-0.2, 0) is 16.1 Å². The van der Waals surface area contributed by atoms with E-state index in [1.54, 1.807) is 49.6 Å². The summed E-state index contributed by atoms with van der Waals surface area (Å²) in [5.41, 5.74) is 3.90. The van der Waals surface area contributed by atoms with E-state index in [0.717, 1.165) is 5.56 Å². The van der Waals surface area contributed by atoms with Gasteiger partial charge in [-0.2, -0.15) is 5.10 Å². The van der Waals surface area contributed by atoms with Crippen molar-refractivity contribution < 1.29 is 23.9 Å². The lowest BCUT2D eigenvalue weighted by atomic mass is 9.80. The minimum absolute atomic E-state index is 0.0148. The minimum atomic E-state index is -0.809. The highest BCUT2D eigenvalue weighted by Crippen LogP contribution is 2.30. The number of carbonyl (C=O) groups excluding carboxylic acids is 4. The Balaban J connectivity index is 1.55. The van der Waals surface area contributed by atoms with Crippen molar-refractivity contribution in [2.24, 2.45) is 5.10 Å². The molecule has 1 aliphatic carbocycles. The molecule has 9 nitrogen and oxygen atoms in total. The number of hydrazone groups is 1. The summed E-state index contributed by atoms with van der Waals surface area (Å²) in [6.07, 6.45) is 2.85. The number of nitrogens with one attached hydrogen (secondary N) is 2. The predicted octanol–water partition coefficient (Wildman–Crippen LogP) is 3.01. The Labute approximate surface area is 217 Å². The fourth-order valence-corrected chi connectivity index (χ4v) is 3.96. The van der Waals surface area contributed by atoms with Crippen LogP contribution in [0.15, 0.2) is 72.1 Å². The molecule has 0 radical (unpaired) electrons. The molecule has 0 saturated heterocycles. The molecule has 0 bridgehead atoms. The van der Waals surface area contributed by atoms with E-state index in [9.17, 15) is 19.2 Å². The highest BCUT2D eigenvalue weighted by molar-refractivity contribution is 7.80. The largest absolute Gasteiger partial charge is 0.461 e. The number of fused-ring (bicyclic) bond motifs is 2. The number of nitrogens with zero attached hydrogens (tertiary/aromatic N) is 2. The van der Waals surface area contributed by atoms with Gasteiger partial charge >= 0.3 is 5.97 Å². The van der Waals surface area contributed by atoms with Crippen LogP contribution < -0.4 is 10.7 Å². The number of carbonyl (C=O) groups is 4. The minimum Gasteiger partial charge on any atom is -0.461 e. The lowest BCUT2D eigenvalue weighted by Crippen LogP contribution is -2.34. The predicted molar refractivity (Wildman–Crippen MR) is 140 cm³/mol. The summed E-state index contributed by atoms with van der Waals surface area (Å²) in [7, 11) is 0. The summed E-state index contributed by atoms with van der Waals surface area (Å²) in [5, 5.41) is 7.05. The molecule has 10 heteroatoms. The first-order valence-corrected chi connectivity index (χ1v) is 11.8. The summed E-state index contributed by atoms with van der Waals surface area (Å²) in [6.45, 7) is 2.07. The number of Topliss-reactive ketones (excluding diaryl/α,β-unsaturated/α-hetero) is 1. The van der Waals surface area contributed by atoms with Crippen LogP contribution in [-0.4, -0.2) is 45.7 Å². The lowest BCUT2D eigenvalue weighted by molar-refractivity contribution is -0.135. The lowest BCUT2D eigenvalue weighted by Gasteiger charge is -2.19. The summed E-state index contributed by atoms with van der Waals surface area (Å²) in [4.78, 5) is 56.1. The van der Waals surface area contributed by atoms with Crippen molar-refractivity contribution in [1.29, 1.82) is 0 Å². The Morgan fingerprint density at radius 1 is 0.973 bits per heavy atom. The third kappa shape index (κ3) is 5.65. The summed E-state index contributed by atoms with van der Waals surface area (Å²) in [5.74, 6) is -2.15. The Kier molecular flexibility index (Phi) is 7.89. The molecule has 0 fully saturated rings. The molecule has 1 heterocycles. The van der Waals surface area contributed by atoms with E-state index in [0.29, 0.717) is 6.54 Å². The Bertz CT molecular complexity index is 1440. The van der Waals surface area contributed by atoms with Crippen molar-refractivity contribution in [2.45, 2.75) is 19.9 Å². The zero-order valence-electron chi connectivity index (χ0n) is 19.8. The van der Waals surface area contributed by atoms with Gasteiger partial charge in [0.05, 0.1) is 13.0 Å². The van der Waals surface area contributed by atoms with Crippen LogP contribution >= 0.6 is 12.2 Å². The number of pyridine rings is 1. The van der Waals surface area contributed by atoms with Crippen LogP contribution in [0.5, 0.6) is 0 Å². The van der Waals surface area contributed by atoms with Gasteiger partial charge in [0.1, 0.15) is 0 Å². The molecule has 3 aromatic rings. The highest BCUT2D eigenvalue weighted by atomic mass is 32.1. The number of ketones is 3. The van der Waals surface area contributed by atoms with Gasteiger partial charge in [-0.05, 0) is 30.8 Å². The average Bonchev–Trinajstić information content (AvgIpc) is 2.93. The third-order valence-electron chi connectivity index (χ3n) is 5.56. The fourth-order valence-electron chi connectivity index (χ4n) is 3.84. The van der Waals surface area contributed by atoms with E-state index in [1.807, 2.05) is 6.07 Å². The van der Waals surface area contributed by atoms with Gasteiger partial charge in [-0.15, -0.1) is 0 Å². The zero-order chi connectivity index (χ0) is 26.4. The Morgan fingerprint density at radius 3 is 2.41 bits per heavy atom. The van der Waals surface area contributed by atoms with Gasteiger partial charge in [0.2, 0.25) is 0 Å². The van der Waals surface area contributed by atoms with Gasteiger partial charge < -0.3 is 10.1 Å². The van der Waals surface area contributed by atoms with Gasteiger partial charge in [-0.25, -0.2) is 4.79 Å². The van der Waals surface area contributed by atoms with Crippen LogP contribution in [0.4, 0.5) is 0 Å². The first-order valence-electron chi connectivity index (χ1n) is 11.4. The second kappa shape index (κ2) is 11.4. The fraction of sp³-hybridized carbons (Fsp3) is 0.148. The number of hydrogen-bond acceptors (Lipinski definition) is 8. The number of benzene rings is 2. The third-order valence-corrected chi connectivity index (χ3v) is 5.80. The van der Waals surface area contributed by atoms with Crippen LogP contribution in [0.3, 0.4) is 0 Å². The molecule has 0 amide bonds. The highest BCUT2D eigenvalue weighted by Gasteiger charge is 2.33. The first kappa shape index (κ1) is 25.5. The first-order chi connectivity index (χ1) is 17.9. The van der Waals surface area contributed by atoms with E-state index in [-0.39, 0.29) is 51.0 Å². The number of aromatic nitrogens is 1. The standard InChI is InChI=1S/C27H22N4O5S/c1-2-36-26(35)21(30-31-27(37)29-15-16-7-6-12-28-14-16)13-22(32)19-10-5-11-20-23(19)25(34)18-9-4-3-8-17(18)24(20)33/h3-12,14H,2,13,15H2,1H3,(H2,29,31,37)/b30-21-. The summed E-state index contributed by atoms with van der Waals surface area (Å²) >= 11 is 5.21. The van der Waals surface area contributed by atoms with Gasteiger partial charge in [-0.1, -0.05) is 48.5 Å². The normalized spacial score (nSPS) is 12.3. The number of rotatable bonds is 8. The van der Waals surface area contributed by atoms with E-state index in [4.69, 9.17) is 17.0 Å². The second-order valence-corrected chi connectivity index (χ2v) is 8.37. The molecule has 0 aliphatic heterocycles. The average molecular weight is 515 g/mol. The van der Waals surface area contributed by atoms with Gasteiger partial charge in [0.25, 0.3) is 0 Å². The van der Waals surface area contributed by atoms with Crippen LogP contribution in [0.1, 0.15) is 61.1 Å². The monoisotopic (exact) mass is 514 g/mol. The SMILES string of the molecule is CCOC(=O)/C(CC(=O)c1cccc2c1C(=O)c1ccccc1C2=O)=N\NC(=S)NCc1cccnc1. The van der Waals surface area contributed by atoms with Crippen LogP contribution in [0, 0.1) is 0 Å². The number of ether oxygens (including phenoxy) is 1. The van der Waals surface area contributed by atoms with Crippen molar-refractivity contribution in [1.82, 2.24) is 15.7 Å². The van der Waals surface area contributed by atoms with Crippen molar-refractivity contribution >= 4 is 46.4 Å². The molecule has 1 aromatic heterocycles. The number of esters is 1. The van der Waals surface area contributed by atoms with Crippen LogP contribution in [0.25, 0.3) is 0 Å². The molecule has 2 aromatic carbocycles. The topological polar surface area (TPSA) is 127 Å². The molecular weight excluding hydrogens is 492 g/mol. The van der Waals surface area contributed by atoms with Crippen molar-refractivity contribution in [2.75, 3.05) is 6.61 Å². The smallest absolute Gasteiger partial charge is 0.354 e. The summed E-state index contributed by atoms with van der Waals surface area (Å²) < 4.78 is 5.04. The second-order valence-electron chi connectivity index (χ2n) is 7.97. The Morgan fingerprint density at radius 2 is 1.70 bits per heavy atom. The number of thiocarbonyl (C=S) groups is 1. The zero-order valence-corrected chi connectivity index (χ0v) is 20.6. The molecule has 0 spiro atoms. The van der Waals surface area contributed by atoms with Crippen molar-refractivity contribution in [3.63, 3.8) is 0 Å². The van der Waals surface area contributed by atoms with E-state index >= 15 is 0 Å². The molecule has 2 N–H and O–H groups in total. The quantitative estimate of drug-likeness (QED) is 0.120. The molecule has 4 rings (SSSR count). The number of hydrogen-bond donors (Lipinski definition) is 2. The van der Waals surface area contributed by atoms with Gasteiger partial charge in [0.15, 0.2) is 28.2 Å². The molecule has 37 heavy (non-hydrogen) atoms. The van der Waals surface area contributed by atoms with Gasteiger partial charge in [-0.3, -0.25) is 24.8 Å². The molecule has 0 saturated carbocycles. The van der Waals surface area contributed by atoms with Crippen LogP contribution in [0.2, 0.25) is 0 Å². The Hall–Kier alpha value is -4.57. The van der Waals surface area contributed by atoms with Crippen molar-refractivity contribution in [3.05, 3.63) is 100 Å². The summed E-state index contributed by atoms with van der Waals surface area (Å²) in [6, 6.07) is 14.6. The maximum absolute atomic E-state index is 13.3. The van der Waals surface area contributed by atoms with E-state index in [1.165, 1.54) is 18.2 Å². The maximum Gasteiger partial charge on any atom is 0.354 e. The van der Waals surface area contributed by atoms with E-state index in [2.05, 4.69) is 20.8 Å².